The van der Waals surface area contributed by atoms with Crippen LogP contribution >= 0.6 is 0 Å². The van der Waals surface area contributed by atoms with E-state index in [2.05, 4.69) is 176 Å². The topological polar surface area (TPSA) is 29.5 Å². The van der Waals surface area contributed by atoms with Crippen LogP contribution in [-0.2, 0) is 0 Å². The molecule has 0 fully saturated rings. The van der Waals surface area contributed by atoms with Crippen molar-refractivity contribution in [2.75, 3.05) is 4.90 Å². The SMILES string of the molecule is C[Si]1(C)c2cc(N(c3ccc(-c4ccc5ccccc5c4)cc3)c3cccc4oc5ccccc5c34)ccc2-c2c1ccc1oc3ccccc3c21. The zero-order valence-corrected chi connectivity index (χ0v) is 29.9. The van der Waals surface area contributed by atoms with Crippen molar-refractivity contribution in [3.8, 4) is 22.3 Å². The molecule has 4 heteroatoms. The number of para-hydroxylation sites is 2. The highest BCUT2D eigenvalue weighted by Crippen LogP contribution is 2.45. The normalized spacial score (nSPS) is 13.3. The molecule has 8 aromatic carbocycles. The molecule has 2 aromatic heterocycles. The molecule has 0 saturated carbocycles. The third-order valence-corrected chi connectivity index (χ3v) is 14.8. The summed E-state index contributed by atoms with van der Waals surface area (Å²) in [5.41, 5.74) is 12.1. The van der Waals surface area contributed by atoms with Crippen LogP contribution in [0.2, 0.25) is 13.1 Å². The van der Waals surface area contributed by atoms with Crippen LogP contribution in [0.25, 0.3) is 76.9 Å². The van der Waals surface area contributed by atoms with Gasteiger partial charge in [-0.2, -0.15) is 0 Å². The summed E-state index contributed by atoms with van der Waals surface area (Å²) in [6.45, 7) is 4.98. The van der Waals surface area contributed by atoms with Gasteiger partial charge in [0.1, 0.15) is 30.4 Å². The van der Waals surface area contributed by atoms with Crippen LogP contribution in [0.1, 0.15) is 0 Å². The summed E-state index contributed by atoms with van der Waals surface area (Å²) in [5.74, 6) is 0. The zero-order chi connectivity index (χ0) is 34.6. The quantitative estimate of drug-likeness (QED) is 0.173. The van der Waals surface area contributed by atoms with E-state index in [9.17, 15) is 0 Å². The molecule has 0 atom stereocenters. The molecule has 0 N–H and O–H groups in total. The minimum atomic E-state index is -2.09. The van der Waals surface area contributed by atoms with Crippen LogP contribution in [0, 0.1) is 0 Å². The molecule has 3 heterocycles. The van der Waals surface area contributed by atoms with Crippen molar-refractivity contribution in [3.63, 3.8) is 0 Å². The number of fused-ring (bicyclic) bond motifs is 11. The molecule has 1 aliphatic heterocycles. The Balaban J connectivity index is 1.12. The lowest BCUT2D eigenvalue weighted by molar-refractivity contribution is 0.668. The predicted octanol–water partition coefficient (Wildman–Crippen LogP) is 12.6. The summed E-state index contributed by atoms with van der Waals surface area (Å²) in [4.78, 5) is 2.42. The van der Waals surface area contributed by atoms with E-state index in [1.54, 1.807) is 0 Å². The average Bonchev–Trinajstić information content (AvgIpc) is 3.83. The van der Waals surface area contributed by atoms with Crippen molar-refractivity contribution in [2.45, 2.75) is 13.1 Å². The zero-order valence-electron chi connectivity index (χ0n) is 28.9. The summed E-state index contributed by atoms with van der Waals surface area (Å²) in [7, 11) is -2.09. The highest BCUT2D eigenvalue weighted by molar-refractivity contribution is 7.04. The van der Waals surface area contributed by atoms with Gasteiger partial charge in [0, 0.05) is 27.5 Å². The lowest BCUT2D eigenvalue weighted by atomic mass is 9.98. The van der Waals surface area contributed by atoms with Gasteiger partial charge in [-0.3, -0.25) is 0 Å². The van der Waals surface area contributed by atoms with E-state index in [1.165, 1.54) is 54.2 Å². The van der Waals surface area contributed by atoms with Crippen molar-refractivity contribution < 1.29 is 8.83 Å². The fourth-order valence-corrected chi connectivity index (χ4v) is 11.8. The molecular formula is C48H33NO2Si. The summed E-state index contributed by atoms with van der Waals surface area (Å²) >= 11 is 0. The number of anilines is 3. The highest BCUT2D eigenvalue weighted by atomic mass is 28.3. The van der Waals surface area contributed by atoms with Crippen molar-refractivity contribution in [1.82, 2.24) is 0 Å². The molecule has 0 radical (unpaired) electrons. The third-order valence-electron chi connectivity index (χ3n) is 11.3. The van der Waals surface area contributed by atoms with E-state index in [-0.39, 0.29) is 0 Å². The summed E-state index contributed by atoms with van der Waals surface area (Å²) in [5, 5.41) is 10.1. The Morgan fingerprint density at radius 3 is 1.87 bits per heavy atom. The molecule has 246 valence electrons. The second-order valence-electron chi connectivity index (χ2n) is 14.5. The van der Waals surface area contributed by atoms with Crippen molar-refractivity contribution in [2.24, 2.45) is 0 Å². The first-order valence-corrected chi connectivity index (χ1v) is 20.9. The average molecular weight is 684 g/mol. The van der Waals surface area contributed by atoms with E-state index in [1.807, 2.05) is 6.07 Å². The van der Waals surface area contributed by atoms with Gasteiger partial charge in [-0.05, 0) is 104 Å². The second kappa shape index (κ2) is 10.8. The second-order valence-corrected chi connectivity index (χ2v) is 18.8. The number of hydrogen-bond acceptors (Lipinski definition) is 3. The standard InChI is InChI=1S/C48H33NO2Si/c1-52(2)44-27-26-43-47(37-13-6-8-16-41(37)51-43)48(44)38-25-24-35(29-45(38)52)49(39-14-9-17-42-46(39)36-12-5-7-15-40(36)50-42)34-22-20-31(21-23-34)33-19-18-30-10-3-4-11-32(30)28-33/h3-29H,1-2H3. The lowest BCUT2D eigenvalue weighted by Gasteiger charge is -2.28. The molecular weight excluding hydrogens is 651 g/mol. The minimum Gasteiger partial charge on any atom is -0.456 e. The lowest BCUT2D eigenvalue weighted by Crippen LogP contribution is -2.49. The fraction of sp³-hybridized carbons (Fsp3) is 0.0417. The van der Waals surface area contributed by atoms with Crippen LogP contribution in [0.4, 0.5) is 17.1 Å². The van der Waals surface area contributed by atoms with Gasteiger partial charge in [0.15, 0.2) is 0 Å². The van der Waals surface area contributed by atoms with E-state index in [0.29, 0.717) is 0 Å². The van der Waals surface area contributed by atoms with Crippen LogP contribution in [0.15, 0.2) is 173 Å². The van der Waals surface area contributed by atoms with Gasteiger partial charge in [-0.1, -0.05) is 116 Å². The summed E-state index contributed by atoms with van der Waals surface area (Å²) in [6, 6.07) is 59.1. The monoisotopic (exact) mass is 683 g/mol. The van der Waals surface area contributed by atoms with Gasteiger partial charge < -0.3 is 13.7 Å². The number of furan rings is 2. The Morgan fingerprint density at radius 2 is 1.08 bits per heavy atom. The van der Waals surface area contributed by atoms with Crippen molar-refractivity contribution >= 4 is 90.2 Å². The maximum atomic E-state index is 6.42. The van der Waals surface area contributed by atoms with Crippen molar-refractivity contribution in [1.29, 1.82) is 0 Å². The smallest absolute Gasteiger partial charge is 0.137 e. The Kier molecular flexibility index (Phi) is 6.11. The van der Waals surface area contributed by atoms with Crippen LogP contribution in [0.3, 0.4) is 0 Å². The van der Waals surface area contributed by atoms with E-state index in [4.69, 9.17) is 8.83 Å². The van der Waals surface area contributed by atoms with Gasteiger partial charge in [0.25, 0.3) is 0 Å². The van der Waals surface area contributed by atoms with Crippen LogP contribution in [-0.4, -0.2) is 8.07 Å². The molecule has 1 aliphatic rings. The van der Waals surface area contributed by atoms with E-state index < -0.39 is 8.07 Å². The molecule has 0 aliphatic carbocycles. The molecule has 0 amide bonds. The Morgan fingerprint density at radius 1 is 0.442 bits per heavy atom. The first kappa shape index (κ1) is 29.4. The summed E-state index contributed by atoms with van der Waals surface area (Å²) < 4.78 is 12.8. The maximum Gasteiger partial charge on any atom is 0.137 e. The van der Waals surface area contributed by atoms with Crippen LogP contribution < -0.4 is 15.3 Å². The number of rotatable bonds is 4. The Hall–Kier alpha value is -6.36. The molecule has 3 nitrogen and oxygen atoms in total. The van der Waals surface area contributed by atoms with Gasteiger partial charge >= 0.3 is 0 Å². The van der Waals surface area contributed by atoms with Gasteiger partial charge in [0.2, 0.25) is 0 Å². The molecule has 52 heavy (non-hydrogen) atoms. The number of benzene rings is 8. The number of hydrogen-bond donors (Lipinski definition) is 0. The maximum absolute atomic E-state index is 6.42. The van der Waals surface area contributed by atoms with Crippen molar-refractivity contribution in [3.05, 3.63) is 164 Å². The van der Waals surface area contributed by atoms with E-state index >= 15 is 0 Å². The highest BCUT2D eigenvalue weighted by Gasteiger charge is 2.40. The van der Waals surface area contributed by atoms with Crippen LogP contribution in [0.5, 0.6) is 0 Å². The van der Waals surface area contributed by atoms with Gasteiger partial charge in [0.05, 0.1) is 11.1 Å². The number of nitrogens with zero attached hydrogens (tertiary/aromatic N) is 1. The molecule has 0 bridgehead atoms. The first-order valence-electron chi connectivity index (χ1n) is 17.9. The predicted molar refractivity (Wildman–Crippen MR) is 221 cm³/mol. The molecule has 11 rings (SSSR count). The summed E-state index contributed by atoms with van der Waals surface area (Å²) in [6.07, 6.45) is 0. The molecule has 0 spiro atoms. The third kappa shape index (κ3) is 4.19. The van der Waals surface area contributed by atoms with E-state index in [0.717, 1.165) is 50.2 Å². The largest absolute Gasteiger partial charge is 0.456 e. The fourth-order valence-electron chi connectivity index (χ4n) is 8.71. The minimum absolute atomic E-state index is 0.883. The van der Waals surface area contributed by atoms with Gasteiger partial charge in [-0.15, -0.1) is 0 Å². The first-order chi connectivity index (χ1) is 25.5. The molecule has 0 unspecified atom stereocenters. The molecule has 0 saturated heterocycles. The Bertz CT molecular complexity index is 3060. The Labute approximate surface area is 302 Å². The molecule has 10 aromatic rings. The van der Waals surface area contributed by atoms with Gasteiger partial charge in [-0.25, -0.2) is 0 Å².